The number of hydrogen-bond donors (Lipinski definition) is 1. The highest BCUT2D eigenvalue weighted by atomic mass is 35.5. The van der Waals surface area contributed by atoms with Crippen LogP contribution in [0.5, 0.6) is 0 Å². The predicted octanol–water partition coefficient (Wildman–Crippen LogP) is 1.93. The Hall–Kier alpha value is -1.93. The maximum Gasteiger partial charge on any atom is 0.253 e. The second kappa shape index (κ2) is 8.39. The molecule has 3 rings (SSSR count). The fourth-order valence-corrected chi connectivity index (χ4v) is 4.79. The molecule has 2 aromatic rings. The monoisotopic (exact) mass is 409 g/mol. The summed E-state index contributed by atoms with van der Waals surface area (Å²) in [7, 11) is -0.447. The molecular formula is C19H24ClN3O3S. The molecule has 0 aromatic heterocycles. The minimum Gasteiger partial charge on any atom is -0.345 e. The van der Waals surface area contributed by atoms with E-state index < -0.39 is 10.0 Å². The average Bonchev–Trinajstić information content (AvgIpc) is 3.04. The first-order valence-corrected chi connectivity index (χ1v) is 9.87. The average molecular weight is 410 g/mol. The first kappa shape index (κ1) is 21.4. The van der Waals surface area contributed by atoms with Gasteiger partial charge in [-0.3, -0.25) is 4.79 Å². The van der Waals surface area contributed by atoms with Crippen molar-refractivity contribution in [3.05, 3.63) is 65.7 Å². The molecule has 8 heteroatoms. The Morgan fingerprint density at radius 1 is 1.07 bits per heavy atom. The lowest BCUT2D eigenvalue weighted by Gasteiger charge is -2.17. The van der Waals surface area contributed by atoms with Gasteiger partial charge in [-0.1, -0.05) is 36.4 Å². The maximum atomic E-state index is 13.0. The zero-order valence-electron chi connectivity index (χ0n) is 15.3. The summed E-state index contributed by atoms with van der Waals surface area (Å²) in [6, 6.07) is 15.6. The van der Waals surface area contributed by atoms with Crippen LogP contribution >= 0.6 is 12.4 Å². The summed E-state index contributed by atoms with van der Waals surface area (Å²) in [5, 5.41) is 0. The lowest BCUT2D eigenvalue weighted by Crippen LogP contribution is -2.32. The molecule has 2 N–H and O–H groups in total. The lowest BCUT2D eigenvalue weighted by atomic mass is 9.95. The third-order valence-electron chi connectivity index (χ3n) is 4.68. The molecule has 2 aromatic carbocycles. The van der Waals surface area contributed by atoms with Crippen molar-refractivity contribution in [2.75, 3.05) is 27.2 Å². The van der Waals surface area contributed by atoms with E-state index in [9.17, 15) is 13.2 Å². The number of rotatable bonds is 4. The number of halogens is 1. The standard InChI is InChI=1S/C19H23N3O3S.ClH/c1-21(2)19(23)15-9-6-10-16(11-15)26(24,25)22-12-17(18(20)13-22)14-7-4-3-5-8-14;/h3-11,17-18H,12-13,20H2,1-2H3;1H/t17-,18+;/m0./s1. The van der Waals surface area contributed by atoms with E-state index in [2.05, 4.69) is 0 Å². The third kappa shape index (κ3) is 4.32. The Morgan fingerprint density at radius 2 is 1.74 bits per heavy atom. The molecule has 1 aliphatic rings. The molecule has 0 saturated carbocycles. The van der Waals surface area contributed by atoms with Crippen LogP contribution in [0.2, 0.25) is 0 Å². The van der Waals surface area contributed by atoms with E-state index in [1.54, 1.807) is 26.2 Å². The molecule has 1 saturated heterocycles. The summed E-state index contributed by atoms with van der Waals surface area (Å²) >= 11 is 0. The number of amides is 1. The number of nitrogens with zero attached hydrogens (tertiary/aromatic N) is 2. The van der Waals surface area contributed by atoms with Crippen molar-refractivity contribution in [3.8, 4) is 0 Å². The smallest absolute Gasteiger partial charge is 0.253 e. The minimum atomic E-state index is -3.71. The molecule has 0 radical (unpaired) electrons. The van der Waals surface area contributed by atoms with Gasteiger partial charge in [0, 0.05) is 44.7 Å². The summed E-state index contributed by atoms with van der Waals surface area (Å²) in [6.45, 7) is 0.590. The van der Waals surface area contributed by atoms with Crippen molar-refractivity contribution >= 4 is 28.3 Å². The van der Waals surface area contributed by atoms with E-state index in [0.29, 0.717) is 12.1 Å². The van der Waals surface area contributed by atoms with E-state index in [0.717, 1.165) is 5.56 Å². The van der Waals surface area contributed by atoms with Crippen LogP contribution in [0.4, 0.5) is 0 Å². The van der Waals surface area contributed by atoms with Crippen molar-refractivity contribution in [3.63, 3.8) is 0 Å². The van der Waals surface area contributed by atoms with Gasteiger partial charge in [0.2, 0.25) is 10.0 Å². The van der Waals surface area contributed by atoms with Crippen molar-refractivity contribution in [2.24, 2.45) is 5.73 Å². The van der Waals surface area contributed by atoms with Gasteiger partial charge in [-0.2, -0.15) is 4.31 Å². The Kier molecular flexibility index (Phi) is 6.64. The normalized spacial score (nSPS) is 20.1. The number of hydrogen-bond acceptors (Lipinski definition) is 4. The number of nitrogens with two attached hydrogens (primary N) is 1. The molecule has 0 spiro atoms. The molecule has 1 aliphatic heterocycles. The zero-order valence-corrected chi connectivity index (χ0v) is 16.9. The Balaban J connectivity index is 0.00000261. The highest BCUT2D eigenvalue weighted by molar-refractivity contribution is 7.89. The number of benzene rings is 2. The fourth-order valence-electron chi connectivity index (χ4n) is 3.24. The van der Waals surface area contributed by atoms with Crippen LogP contribution in [0.1, 0.15) is 21.8 Å². The summed E-state index contributed by atoms with van der Waals surface area (Å²) in [4.78, 5) is 13.7. The van der Waals surface area contributed by atoms with Crippen molar-refractivity contribution in [1.29, 1.82) is 0 Å². The molecule has 146 valence electrons. The van der Waals surface area contributed by atoms with Gasteiger partial charge in [-0.25, -0.2) is 8.42 Å². The van der Waals surface area contributed by atoms with Crippen LogP contribution in [0.25, 0.3) is 0 Å². The summed E-state index contributed by atoms with van der Waals surface area (Å²) in [6.07, 6.45) is 0. The van der Waals surface area contributed by atoms with Gasteiger partial charge in [-0.15, -0.1) is 12.4 Å². The second-order valence-electron chi connectivity index (χ2n) is 6.73. The SMILES string of the molecule is CN(C)C(=O)c1cccc(S(=O)(=O)N2C[C@@H](N)[C@H](c3ccccc3)C2)c1.Cl. The summed E-state index contributed by atoms with van der Waals surface area (Å²) < 4.78 is 27.5. The van der Waals surface area contributed by atoms with Crippen LogP contribution in [0.15, 0.2) is 59.5 Å². The van der Waals surface area contributed by atoms with Crippen LogP contribution in [0.3, 0.4) is 0 Å². The van der Waals surface area contributed by atoms with E-state index in [-0.39, 0.29) is 41.7 Å². The van der Waals surface area contributed by atoms with Crippen LogP contribution < -0.4 is 5.73 Å². The van der Waals surface area contributed by atoms with Crippen molar-refractivity contribution < 1.29 is 13.2 Å². The topological polar surface area (TPSA) is 83.7 Å². The van der Waals surface area contributed by atoms with E-state index in [1.165, 1.54) is 21.3 Å². The predicted molar refractivity (Wildman–Crippen MR) is 108 cm³/mol. The zero-order chi connectivity index (χ0) is 18.9. The first-order valence-electron chi connectivity index (χ1n) is 8.43. The molecule has 27 heavy (non-hydrogen) atoms. The maximum absolute atomic E-state index is 13.0. The molecule has 0 aliphatic carbocycles. The van der Waals surface area contributed by atoms with E-state index in [1.807, 2.05) is 30.3 Å². The lowest BCUT2D eigenvalue weighted by molar-refractivity contribution is 0.0827. The van der Waals surface area contributed by atoms with Gasteiger partial charge in [-0.05, 0) is 23.8 Å². The molecule has 2 atom stereocenters. The van der Waals surface area contributed by atoms with Gasteiger partial charge < -0.3 is 10.6 Å². The van der Waals surface area contributed by atoms with Gasteiger partial charge in [0.25, 0.3) is 5.91 Å². The largest absolute Gasteiger partial charge is 0.345 e. The highest BCUT2D eigenvalue weighted by Crippen LogP contribution is 2.30. The van der Waals surface area contributed by atoms with Crippen molar-refractivity contribution in [1.82, 2.24) is 9.21 Å². The molecule has 1 amide bonds. The Morgan fingerprint density at radius 3 is 2.37 bits per heavy atom. The van der Waals surface area contributed by atoms with Gasteiger partial charge in [0.1, 0.15) is 0 Å². The molecule has 0 bridgehead atoms. The molecule has 1 fully saturated rings. The Bertz CT molecular complexity index is 903. The van der Waals surface area contributed by atoms with Crippen LogP contribution in [-0.4, -0.2) is 56.8 Å². The van der Waals surface area contributed by atoms with Crippen LogP contribution in [-0.2, 0) is 10.0 Å². The minimum absolute atomic E-state index is 0. The second-order valence-corrected chi connectivity index (χ2v) is 8.67. The Labute approximate surface area is 166 Å². The van der Waals surface area contributed by atoms with Crippen LogP contribution in [0, 0.1) is 0 Å². The molecule has 0 unspecified atom stereocenters. The number of sulfonamides is 1. The number of carbonyl (C=O) groups is 1. The quantitative estimate of drug-likeness (QED) is 0.836. The van der Waals surface area contributed by atoms with Gasteiger partial charge in [0.05, 0.1) is 4.90 Å². The summed E-state index contributed by atoms with van der Waals surface area (Å²) in [5.41, 5.74) is 7.61. The first-order chi connectivity index (χ1) is 12.3. The highest BCUT2D eigenvalue weighted by Gasteiger charge is 2.38. The van der Waals surface area contributed by atoms with Gasteiger partial charge in [0.15, 0.2) is 0 Å². The number of carbonyl (C=O) groups excluding carboxylic acids is 1. The van der Waals surface area contributed by atoms with E-state index >= 15 is 0 Å². The van der Waals surface area contributed by atoms with Gasteiger partial charge >= 0.3 is 0 Å². The fraction of sp³-hybridized carbons (Fsp3) is 0.316. The third-order valence-corrected chi connectivity index (χ3v) is 6.51. The molecular weight excluding hydrogens is 386 g/mol. The molecule has 1 heterocycles. The molecule has 6 nitrogen and oxygen atoms in total. The van der Waals surface area contributed by atoms with Crippen molar-refractivity contribution in [2.45, 2.75) is 16.9 Å². The summed E-state index contributed by atoms with van der Waals surface area (Å²) in [5.74, 6) is -0.278. The van der Waals surface area contributed by atoms with E-state index in [4.69, 9.17) is 5.73 Å².